The molecule has 1 aliphatic rings. The molecule has 26 heavy (non-hydrogen) atoms. The molecule has 1 aromatic carbocycles. The number of nitrogens with zero attached hydrogens (tertiary/aromatic N) is 1. The van der Waals surface area contributed by atoms with Gasteiger partial charge in [0.1, 0.15) is 4.32 Å². The highest BCUT2D eigenvalue weighted by atomic mass is 32.2. The van der Waals surface area contributed by atoms with Crippen LogP contribution in [0.5, 0.6) is 11.5 Å². The van der Waals surface area contributed by atoms with Gasteiger partial charge in [0.05, 0.1) is 12.9 Å². The standard InChI is InChI=1S/C16H18N2O6S2/c1-22-11-4-2-3-5-12(11)23-9-15(21)24-8-13(19)17-6-7-18-14(20)10-26-16(18)25/h2-5H,6-10H2,1H3,(H,17,19). The Morgan fingerprint density at radius 1 is 1.27 bits per heavy atom. The van der Waals surface area contributed by atoms with Gasteiger partial charge < -0.3 is 19.5 Å². The minimum atomic E-state index is -0.682. The van der Waals surface area contributed by atoms with Gasteiger partial charge in [0, 0.05) is 13.1 Å². The molecule has 0 saturated carbocycles. The largest absolute Gasteiger partial charge is 0.493 e. The van der Waals surface area contributed by atoms with Gasteiger partial charge in [0.15, 0.2) is 24.7 Å². The van der Waals surface area contributed by atoms with Crippen LogP contribution < -0.4 is 14.8 Å². The molecule has 0 aliphatic carbocycles. The zero-order chi connectivity index (χ0) is 18.9. The second-order valence-corrected chi connectivity index (χ2v) is 6.66. The first-order valence-electron chi connectivity index (χ1n) is 7.66. The SMILES string of the molecule is COc1ccccc1OCC(=O)OCC(=O)NCCN1C(=O)CSC1=S. The van der Waals surface area contributed by atoms with Crippen molar-refractivity contribution in [3.8, 4) is 11.5 Å². The van der Waals surface area contributed by atoms with Crippen molar-refractivity contribution < 1.29 is 28.6 Å². The molecular weight excluding hydrogens is 380 g/mol. The number of benzene rings is 1. The van der Waals surface area contributed by atoms with E-state index in [1.807, 2.05) is 0 Å². The molecule has 1 aromatic rings. The Balaban J connectivity index is 1.63. The molecule has 10 heteroatoms. The maximum atomic E-state index is 11.7. The second-order valence-electron chi connectivity index (χ2n) is 5.05. The van der Waals surface area contributed by atoms with E-state index in [2.05, 4.69) is 5.32 Å². The Kier molecular flexibility index (Phi) is 7.67. The van der Waals surface area contributed by atoms with Gasteiger partial charge in [-0.15, -0.1) is 0 Å². The van der Waals surface area contributed by atoms with Crippen LogP contribution >= 0.6 is 24.0 Å². The Morgan fingerprint density at radius 3 is 2.65 bits per heavy atom. The fourth-order valence-electron chi connectivity index (χ4n) is 2.02. The predicted octanol–water partition coefficient (Wildman–Crippen LogP) is 0.594. The molecule has 0 radical (unpaired) electrons. The highest BCUT2D eigenvalue weighted by molar-refractivity contribution is 8.23. The van der Waals surface area contributed by atoms with E-state index in [1.165, 1.54) is 23.8 Å². The van der Waals surface area contributed by atoms with Crippen LogP contribution in [0.4, 0.5) is 0 Å². The zero-order valence-corrected chi connectivity index (χ0v) is 15.7. The summed E-state index contributed by atoms with van der Waals surface area (Å²) in [6.45, 7) is -0.259. The van der Waals surface area contributed by atoms with Crippen LogP contribution in [0.1, 0.15) is 0 Å². The number of methoxy groups -OCH3 is 1. The van der Waals surface area contributed by atoms with Crippen LogP contribution in [0.2, 0.25) is 0 Å². The summed E-state index contributed by atoms with van der Waals surface area (Å²) in [4.78, 5) is 36.3. The van der Waals surface area contributed by atoms with Gasteiger partial charge in [0.25, 0.3) is 5.91 Å². The van der Waals surface area contributed by atoms with Crippen molar-refractivity contribution in [2.45, 2.75) is 0 Å². The number of nitrogens with one attached hydrogen (secondary N) is 1. The van der Waals surface area contributed by atoms with E-state index in [0.29, 0.717) is 28.1 Å². The molecular formula is C16H18N2O6S2. The number of thioether (sulfide) groups is 1. The summed E-state index contributed by atoms with van der Waals surface area (Å²) >= 11 is 6.33. The molecule has 1 N–H and O–H groups in total. The maximum Gasteiger partial charge on any atom is 0.344 e. The van der Waals surface area contributed by atoms with Crippen molar-refractivity contribution in [2.75, 3.05) is 39.2 Å². The summed E-state index contributed by atoms with van der Waals surface area (Å²) < 4.78 is 15.7. The van der Waals surface area contributed by atoms with E-state index in [0.717, 1.165) is 0 Å². The number of carbonyl (C=O) groups is 3. The third-order valence-electron chi connectivity index (χ3n) is 3.28. The van der Waals surface area contributed by atoms with Crippen LogP contribution in [0.3, 0.4) is 0 Å². The molecule has 140 valence electrons. The van der Waals surface area contributed by atoms with E-state index < -0.39 is 18.5 Å². The average Bonchev–Trinajstić information content (AvgIpc) is 2.96. The number of esters is 1. The number of thiocarbonyl (C=S) groups is 1. The van der Waals surface area contributed by atoms with Gasteiger partial charge in [0.2, 0.25) is 5.91 Å². The minimum absolute atomic E-state index is 0.0748. The van der Waals surface area contributed by atoms with Gasteiger partial charge in [-0.1, -0.05) is 36.1 Å². The molecule has 2 amide bonds. The fourth-order valence-corrected chi connectivity index (χ4v) is 3.14. The third-order valence-corrected chi connectivity index (χ3v) is 4.71. The Bertz CT molecular complexity index is 681. The van der Waals surface area contributed by atoms with Crippen molar-refractivity contribution in [3.63, 3.8) is 0 Å². The molecule has 1 heterocycles. The Hall–Kier alpha value is -2.33. The van der Waals surface area contributed by atoms with Gasteiger partial charge in [-0.25, -0.2) is 4.79 Å². The monoisotopic (exact) mass is 398 g/mol. The molecule has 0 unspecified atom stereocenters. The van der Waals surface area contributed by atoms with Crippen LogP contribution in [-0.2, 0) is 19.1 Å². The Labute approximate surface area is 160 Å². The molecule has 8 nitrogen and oxygen atoms in total. The number of rotatable bonds is 9. The van der Waals surface area contributed by atoms with Gasteiger partial charge in [-0.05, 0) is 12.1 Å². The highest BCUT2D eigenvalue weighted by Crippen LogP contribution is 2.25. The van der Waals surface area contributed by atoms with Crippen LogP contribution in [-0.4, -0.2) is 66.2 Å². The summed E-state index contributed by atoms with van der Waals surface area (Å²) in [5, 5.41) is 2.56. The number of hydrogen-bond donors (Lipinski definition) is 1. The fraction of sp³-hybridized carbons (Fsp3) is 0.375. The number of ether oxygens (including phenoxy) is 3. The quantitative estimate of drug-likeness (QED) is 0.477. The second kappa shape index (κ2) is 9.97. The van der Waals surface area contributed by atoms with Gasteiger partial charge in [-0.3, -0.25) is 14.5 Å². The lowest BCUT2D eigenvalue weighted by atomic mass is 10.3. The number of carbonyl (C=O) groups excluding carboxylic acids is 3. The first-order chi connectivity index (χ1) is 12.5. The maximum absolute atomic E-state index is 11.7. The minimum Gasteiger partial charge on any atom is -0.493 e. The van der Waals surface area contributed by atoms with E-state index in [-0.39, 0.29) is 19.1 Å². The van der Waals surface area contributed by atoms with E-state index >= 15 is 0 Å². The summed E-state index contributed by atoms with van der Waals surface area (Å²) in [6.07, 6.45) is 0. The molecule has 0 bridgehead atoms. The number of hydrogen-bond acceptors (Lipinski definition) is 8. The van der Waals surface area contributed by atoms with Crippen molar-refractivity contribution in [3.05, 3.63) is 24.3 Å². The molecule has 2 rings (SSSR count). The van der Waals surface area contributed by atoms with Crippen LogP contribution in [0.25, 0.3) is 0 Å². The van der Waals surface area contributed by atoms with Crippen LogP contribution in [0.15, 0.2) is 24.3 Å². The number of amides is 2. The highest BCUT2D eigenvalue weighted by Gasteiger charge is 2.25. The smallest absolute Gasteiger partial charge is 0.344 e. The van der Waals surface area contributed by atoms with E-state index in [1.54, 1.807) is 24.3 Å². The van der Waals surface area contributed by atoms with Crippen molar-refractivity contribution in [2.24, 2.45) is 0 Å². The predicted molar refractivity (Wildman–Crippen MR) is 99.2 cm³/mol. The lowest BCUT2D eigenvalue weighted by molar-refractivity contribution is -0.150. The van der Waals surface area contributed by atoms with Gasteiger partial charge in [-0.2, -0.15) is 0 Å². The van der Waals surface area contributed by atoms with E-state index in [9.17, 15) is 14.4 Å². The summed E-state index contributed by atoms with van der Waals surface area (Å²) in [5.41, 5.74) is 0. The average molecular weight is 398 g/mol. The lowest BCUT2D eigenvalue weighted by Gasteiger charge is -2.15. The van der Waals surface area contributed by atoms with Crippen LogP contribution in [0, 0.1) is 0 Å². The van der Waals surface area contributed by atoms with Crippen molar-refractivity contribution >= 4 is 46.1 Å². The summed E-state index contributed by atoms with van der Waals surface area (Å²) in [7, 11) is 1.49. The first-order valence-corrected chi connectivity index (χ1v) is 9.06. The summed E-state index contributed by atoms with van der Waals surface area (Å²) in [6, 6.07) is 6.87. The number of para-hydroxylation sites is 2. The molecule has 0 aromatic heterocycles. The first kappa shape index (κ1) is 20.0. The summed E-state index contributed by atoms with van der Waals surface area (Å²) in [5.74, 6) is -0.00386. The Morgan fingerprint density at radius 2 is 2.00 bits per heavy atom. The molecule has 0 spiro atoms. The molecule has 1 fully saturated rings. The van der Waals surface area contributed by atoms with E-state index in [4.69, 9.17) is 26.4 Å². The topological polar surface area (TPSA) is 94.2 Å². The van der Waals surface area contributed by atoms with Crippen molar-refractivity contribution in [1.29, 1.82) is 0 Å². The molecule has 0 atom stereocenters. The third kappa shape index (κ3) is 5.88. The van der Waals surface area contributed by atoms with Crippen molar-refractivity contribution in [1.82, 2.24) is 10.2 Å². The zero-order valence-electron chi connectivity index (χ0n) is 14.1. The molecule has 1 aliphatic heterocycles. The molecule has 1 saturated heterocycles. The van der Waals surface area contributed by atoms with Gasteiger partial charge >= 0.3 is 5.97 Å². The normalized spacial score (nSPS) is 13.5. The lowest BCUT2D eigenvalue weighted by Crippen LogP contribution is -2.38.